The summed E-state index contributed by atoms with van der Waals surface area (Å²) in [5.74, 6) is 1.05. The van der Waals surface area contributed by atoms with E-state index in [0.717, 1.165) is 50.2 Å². The maximum atomic E-state index is 11.7. The van der Waals surface area contributed by atoms with Crippen molar-refractivity contribution in [2.45, 2.75) is 37.7 Å². The summed E-state index contributed by atoms with van der Waals surface area (Å²) in [7, 11) is 1.65. The van der Waals surface area contributed by atoms with Crippen LogP contribution in [-0.4, -0.2) is 60.0 Å². The molecule has 3 aliphatic rings. The predicted molar refractivity (Wildman–Crippen MR) is 100 cm³/mol. The van der Waals surface area contributed by atoms with E-state index in [-0.39, 0.29) is 23.7 Å². The van der Waals surface area contributed by atoms with Crippen molar-refractivity contribution in [2.24, 2.45) is 11.8 Å². The number of aliphatic hydroxyl groups is 1. The molecular weight excluding hydrogens is 344 g/mol. The van der Waals surface area contributed by atoms with Crippen molar-refractivity contribution in [1.29, 1.82) is 0 Å². The molecule has 2 aliphatic heterocycles. The van der Waals surface area contributed by atoms with Gasteiger partial charge < -0.3 is 14.7 Å². The van der Waals surface area contributed by atoms with E-state index in [2.05, 4.69) is 4.90 Å². The number of fused-ring (bicyclic) bond motifs is 2. The standard InChI is InChI=1S/C21H28N2O4/c1-27-18-6-3-2-5-17(18)21(26)15-7-8-16(21)14-22(13-15)11-4-12-23-19(24)9-10-20(23)25/h2-3,5-6,15-16,26H,4,7-14H2,1H3. The molecule has 0 aromatic heterocycles. The first kappa shape index (κ1) is 18.4. The number of amides is 2. The number of nitrogens with zero attached hydrogens (tertiary/aromatic N) is 2. The Balaban J connectivity index is 1.40. The summed E-state index contributed by atoms with van der Waals surface area (Å²) >= 11 is 0. The average molecular weight is 372 g/mol. The second-order valence-electron chi connectivity index (χ2n) is 8.05. The van der Waals surface area contributed by atoms with Crippen molar-refractivity contribution in [3.8, 4) is 5.75 Å². The number of hydrogen-bond donors (Lipinski definition) is 1. The second kappa shape index (κ2) is 7.24. The first-order valence-corrected chi connectivity index (χ1v) is 9.95. The zero-order valence-corrected chi connectivity index (χ0v) is 15.9. The van der Waals surface area contributed by atoms with Gasteiger partial charge in [0.15, 0.2) is 0 Å². The van der Waals surface area contributed by atoms with Crippen LogP contribution in [0, 0.1) is 11.8 Å². The quantitative estimate of drug-likeness (QED) is 0.771. The Hall–Kier alpha value is -1.92. The summed E-state index contributed by atoms with van der Waals surface area (Å²) in [5.41, 5.74) is 0.0807. The molecule has 6 nitrogen and oxygen atoms in total. The van der Waals surface area contributed by atoms with Gasteiger partial charge in [0.2, 0.25) is 11.8 Å². The lowest BCUT2D eigenvalue weighted by atomic mass is 9.75. The van der Waals surface area contributed by atoms with Crippen molar-refractivity contribution >= 4 is 11.8 Å². The highest BCUT2D eigenvalue weighted by atomic mass is 16.5. The lowest BCUT2D eigenvalue weighted by molar-refractivity contribution is -0.138. The van der Waals surface area contributed by atoms with E-state index in [0.29, 0.717) is 19.4 Å². The van der Waals surface area contributed by atoms with Crippen molar-refractivity contribution in [3.63, 3.8) is 0 Å². The number of hydrogen-bond acceptors (Lipinski definition) is 5. The van der Waals surface area contributed by atoms with Gasteiger partial charge >= 0.3 is 0 Å². The number of ether oxygens (including phenoxy) is 1. The first-order valence-electron chi connectivity index (χ1n) is 9.95. The van der Waals surface area contributed by atoms with Crippen LogP contribution in [0.15, 0.2) is 24.3 Å². The van der Waals surface area contributed by atoms with Gasteiger partial charge in [-0.2, -0.15) is 0 Å². The topological polar surface area (TPSA) is 70.1 Å². The monoisotopic (exact) mass is 372 g/mol. The molecule has 2 heterocycles. The molecule has 3 fully saturated rings. The van der Waals surface area contributed by atoms with E-state index < -0.39 is 5.60 Å². The van der Waals surface area contributed by atoms with Gasteiger partial charge in [0.1, 0.15) is 11.4 Å². The fourth-order valence-corrected chi connectivity index (χ4v) is 5.26. The Morgan fingerprint density at radius 2 is 1.70 bits per heavy atom. The number of likely N-dealkylation sites (tertiary alicyclic amines) is 2. The molecule has 0 radical (unpaired) electrons. The molecule has 1 N–H and O–H groups in total. The van der Waals surface area contributed by atoms with Gasteiger partial charge in [-0.15, -0.1) is 0 Å². The third-order valence-electron chi connectivity index (χ3n) is 6.61. The summed E-state index contributed by atoms with van der Waals surface area (Å²) in [4.78, 5) is 27.3. The molecule has 6 heteroatoms. The molecule has 146 valence electrons. The summed E-state index contributed by atoms with van der Waals surface area (Å²) < 4.78 is 5.51. The van der Waals surface area contributed by atoms with Crippen LogP contribution in [0.25, 0.3) is 0 Å². The summed E-state index contributed by atoms with van der Waals surface area (Å²) in [6.45, 7) is 3.05. The maximum absolute atomic E-state index is 11.7. The molecule has 4 rings (SSSR count). The number of rotatable bonds is 6. The highest BCUT2D eigenvalue weighted by molar-refractivity contribution is 6.01. The molecule has 1 aromatic rings. The molecule has 2 saturated heterocycles. The molecule has 1 saturated carbocycles. The third kappa shape index (κ3) is 3.15. The van der Waals surface area contributed by atoms with Crippen molar-refractivity contribution in [3.05, 3.63) is 29.8 Å². The number of para-hydroxylation sites is 1. The van der Waals surface area contributed by atoms with Crippen molar-refractivity contribution < 1.29 is 19.4 Å². The Labute approximate surface area is 160 Å². The highest BCUT2D eigenvalue weighted by Gasteiger charge is 2.54. The Morgan fingerprint density at radius 1 is 1.07 bits per heavy atom. The van der Waals surface area contributed by atoms with E-state index in [9.17, 15) is 14.7 Å². The summed E-state index contributed by atoms with van der Waals surface area (Å²) in [5, 5.41) is 11.6. The number of benzene rings is 1. The largest absolute Gasteiger partial charge is 0.496 e. The number of carbonyl (C=O) groups is 2. The average Bonchev–Trinajstić information content (AvgIpc) is 3.05. The van der Waals surface area contributed by atoms with E-state index in [1.54, 1.807) is 7.11 Å². The predicted octanol–water partition coefficient (Wildman–Crippen LogP) is 1.76. The van der Waals surface area contributed by atoms with Crippen molar-refractivity contribution in [2.75, 3.05) is 33.3 Å². The SMILES string of the molecule is COc1ccccc1C1(O)C2CCC1CN(CCCN1C(=O)CCC1=O)C2. The summed E-state index contributed by atoms with van der Waals surface area (Å²) in [6, 6.07) is 7.81. The zero-order chi connectivity index (χ0) is 19.0. The highest BCUT2D eigenvalue weighted by Crippen LogP contribution is 2.53. The number of imide groups is 1. The third-order valence-corrected chi connectivity index (χ3v) is 6.61. The zero-order valence-electron chi connectivity index (χ0n) is 15.9. The molecular formula is C21H28N2O4. The van der Waals surface area contributed by atoms with Crippen LogP contribution >= 0.6 is 0 Å². The van der Waals surface area contributed by atoms with E-state index in [1.807, 2.05) is 24.3 Å². The lowest BCUT2D eigenvalue weighted by Gasteiger charge is -2.45. The minimum atomic E-state index is -0.829. The van der Waals surface area contributed by atoms with Crippen LogP contribution in [0.3, 0.4) is 0 Å². The normalized spacial score (nSPS) is 31.0. The molecule has 1 aromatic carbocycles. The van der Waals surface area contributed by atoms with Crippen LogP contribution in [0.1, 0.15) is 37.7 Å². The van der Waals surface area contributed by atoms with Crippen LogP contribution in [-0.2, 0) is 15.2 Å². The van der Waals surface area contributed by atoms with Crippen LogP contribution in [0.5, 0.6) is 5.75 Å². The lowest BCUT2D eigenvalue weighted by Crippen LogP contribution is -2.52. The van der Waals surface area contributed by atoms with Gasteiger partial charge in [-0.3, -0.25) is 14.5 Å². The Bertz CT molecular complexity index is 705. The molecule has 27 heavy (non-hydrogen) atoms. The molecule has 2 bridgehead atoms. The van der Waals surface area contributed by atoms with E-state index in [1.165, 1.54) is 4.90 Å². The molecule has 0 spiro atoms. The van der Waals surface area contributed by atoms with Crippen molar-refractivity contribution in [1.82, 2.24) is 9.80 Å². The molecule has 2 amide bonds. The van der Waals surface area contributed by atoms with Crippen LogP contribution < -0.4 is 4.74 Å². The van der Waals surface area contributed by atoms with Gasteiger partial charge in [-0.05, 0) is 31.9 Å². The Kier molecular flexibility index (Phi) is 4.95. The fourth-order valence-electron chi connectivity index (χ4n) is 5.26. The molecule has 2 atom stereocenters. The number of methoxy groups -OCH3 is 1. The first-order chi connectivity index (χ1) is 13.0. The Morgan fingerprint density at radius 3 is 2.33 bits per heavy atom. The van der Waals surface area contributed by atoms with Crippen LogP contribution in [0.4, 0.5) is 0 Å². The molecule has 2 unspecified atom stereocenters. The number of piperidine rings is 1. The number of carbonyl (C=O) groups excluding carboxylic acids is 2. The smallest absolute Gasteiger partial charge is 0.229 e. The van der Waals surface area contributed by atoms with Gasteiger partial charge in [0, 0.05) is 49.9 Å². The van der Waals surface area contributed by atoms with Crippen LogP contribution in [0.2, 0.25) is 0 Å². The summed E-state index contributed by atoms with van der Waals surface area (Å²) in [6.07, 6.45) is 3.54. The van der Waals surface area contributed by atoms with Gasteiger partial charge in [0.05, 0.1) is 7.11 Å². The van der Waals surface area contributed by atoms with E-state index >= 15 is 0 Å². The van der Waals surface area contributed by atoms with Gasteiger partial charge in [-0.25, -0.2) is 0 Å². The minimum absolute atomic E-state index is 0.0377. The maximum Gasteiger partial charge on any atom is 0.229 e. The van der Waals surface area contributed by atoms with Gasteiger partial charge in [-0.1, -0.05) is 18.2 Å². The van der Waals surface area contributed by atoms with E-state index in [4.69, 9.17) is 4.74 Å². The fraction of sp³-hybridized carbons (Fsp3) is 0.619. The van der Waals surface area contributed by atoms with Gasteiger partial charge in [0.25, 0.3) is 0 Å². The minimum Gasteiger partial charge on any atom is -0.496 e. The molecule has 1 aliphatic carbocycles. The second-order valence-corrected chi connectivity index (χ2v) is 8.05.